The summed E-state index contributed by atoms with van der Waals surface area (Å²) in [6.07, 6.45) is -1.69. The van der Waals surface area contributed by atoms with Gasteiger partial charge in [-0.25, -0.2) is 9.86 Å². The van der Waals surface area contributed by atoms with Crippen LogP contribution in [0.15, 0.2) is 0 Å². The van der Waals surface area contributed by atoms with Crippen molar-refractivity contribution < 1.29 is 72.4 Å². The third-order valence-corrected chi connectivity index (χ3v) is 8.12. The molecule has 2 atom stereocenters. The third kappa shape index (κ3) is 27.4. The number of halogens is 3. The van der Waals surface area contributed by atoms with Crippen molar-refractivity contribution in [2.24, 2.45) is 0 Å². The van der Waals surface area contributed by atoms with Crippen LogP contribution in [0.25, 0.3) is 0 Å². The normalized spacial score (nSPS) is 11.7. The molecule has 0 aromatic heterocycles. The molecule has 7 N–H and O–H groups in total. The van der Waals surface area contributed by atoms with Gasteiger partial charge in [-0.05, 0) is 19.8 Å². The summed E-state index contributed by atoms with van der Waals surface area (Å²) in [6.45, 7) is 1.35. The molecule has 0 bridgehead atoms. The van der Waals surface area contributed by atoms with Crippen molar-refractivity contribution >= 4 is 92.4 Å². The number of carbonyl (C=O) groups is 9. The van der Waals surface area contributed by atoms with Gasteiger partial charge in [-0.1, -0.05) is 15.9 Å². The smallest absolute Gasteiger partial charge is 0.326 e. The predicted octanol–water partition coefficient (Wildman–Crippen LogP) is -2.43. The Bertz CT molecular complexity index is 1280. The summed E-state index contributed by atoms with van der Waals surface area (Å²) < 4.78 is 15.8. The number of ether oxygens (including phenoxy) is 3. The van der Waals surface area contributed by atoms with Gasteiger partial charge >= 0.3 is 11.9 Å². The first-order chi connectivity index (χ1) is 27.2. The van der Waals surface area contributed by atoms with Crippen molar-refractivity contribution in [3.63, 3.8) is 0 Å². The third-order valence-electron chi connectivity index (χ3n) is 7.12. The van der Waals surface area contributed by atoms with E-state index in [1.807, 2.05) is 0 Å². The van der Waals surface area contributed by atoms with Gasteiger partial charge in [0.05, 0.1) is 38.4 Å². The molecule has 2 unspecified atom stereocenters. The first kappa shape index (κ1) is 53.1. The minimum atomic E-state index is -1.60. The largest absolute Gasteiger partial charge is 0.481 e. The fourth-order valence-corrected chi connectivity index (χ4v) is 4.69. The van der Waals surface area contributed by atoms with Crippen LogP contribution in [-0.2, 0) is 62.2 Å². The van der Waals surface area contributed by atoms with Crippen molar-refractivity contribution in [1.82, 2.24) is 36.5 Å². The maximum Gasteiger partial charge on any atom is 0.326 e. The van der Waals surface area contributed by atoms with E-state index in [2.05, 4.69) is 42.5 Å². The molecule has 0 saturated carbocycles. The molecule has 0 radical (unpaired) electrons. The molecule has 0 rings (SSSR count). The van der Waals surface area contributed by atoms with Crippen LogP contribution in [0.2, 0.25) is 0 Å². The lowest BCUT2D eigenvalue weighted by Gasteiger charge is -2.24. The van der Waals surface area contributed by atoms with Gasteiger partial charge in [0, 0.05) is 52.1 Å². The zero-order valence-corrected chi connectivity index (χ0v) is 34.6. The van der Waals surface area contributed by atoms with Gasteiger partial charge in [-0.15, -0.1) is 23.2 Å². The van der Waals surface area contributed by atoms with Crippen molar-refractivity contribution in [1.29, 1.82) is 0 Å². The summed E-state index contributed by atoms with van der Waals surface area (Å²) in [6, 6.07) is -3.03. The number of nitrogens with zero attached hydrogens (tertiary/aromatic N) is 2. The summed E-state index contributed by atoms with van der Waals surface area (Å²) in [5.74, 6) is -7.22. The zero-order chi connectivity index (χ0) is 43.0. The molecule has 0 heterocycles. The number of hydrogen-bond donors (Lipinski definition) is 7. The molecule has 0 aliphatic carbocycles. The van der Waals surface area contributed by atoms with Gasteiger partial charge in [-0.2, -0.15) is 0 Å². The number of amides is 7. The van der Waals surface area contributed by atoms with Crippen LogP contribution >= 0.6 is 39.1 Å². The molecule has 22 nitrogen and oxygen atoms in total. The number of carboxylic acid groups (broad SMARTS) is 2. The van der Waals surface area contributed by atoms with E-state index in [9.17, 15) is 48.3 Å². The van der Waals surface area contributed by atoms with Crippen LogP contribution in [0.3, 0.4) is 0 Å². The number of hydroxylamine groups is 2. The Balaban J connectivity index is 4.94. The molecule has 0 spiro atoms. The first-order valence-corrected chi connectivity index (χ1v) is 19.8. The Hall–Kier alpha value is -3.87. The van der Waals surface area contributed by atoms with Crippen molar-refractivity contribution in [3.05, 3.63) is 0 Å². The van der Waals surface area contributed by atoms with E-state index in [0.29, 0.717) is 0 Å². The summed E-state index contributed by atoms with van der Waals surface area (Å²) in [5.41, 5.74) is 0. The van der Waals surface area contributed by atoms with E-state index in [4.69, 9.17) is 47.4 Å². The number of nitrogens with one attached hydrogen (secondary N) is 5. The van der Waals surface area contributed by atoms with E-state index in [-0.39, 0.29) is 108 Å². The summed E-state index contributed by atoms with van der Waals surface area (Å²) in [4.78, 5) is 115. The van der Waals surface area contributed by atoms with Gasteiger partial charge in [0.2, 0.25) is 41.4 Å². The molecule has 7 amide bonds. The summed E-state index contributed by atoms with van der Waals surface area (Å²) in [5, 5.41) is 32.1. The molecule has 0 aliphatic rings. The highest BCUT2D eigenvalue weighted by molar-refractivity contribution is 9.09. The van der Waals surface area contributed by atoms with Gasteiger partial charge in [0.25, 0.3) is 0 Å². The van der Waals surface area contributed by atoms with E-state index in [0.717, 1.165) is 5.06 Å². The Morgan fingerprint density at radius 2 is 1.21 bits per heavy atom. The average Bonchev–Trinajstić information content (AvgIpc) is 3.18. The summed E-state index contributed by atoms with van der Waals surface area (Å²) in [7, 11) is 0. The molecule has 0 saturated heterocycles. The van der Waals surface area contributed by atoms with Crippen molar-refractivity contribution in [2.45, 2.75) is 44.7 Å². The Kier molecular flexibility index (Phi) is 30.9. The van der Waals surface area contributed by atoms with Crippen LogP contribution in [-0.4, -0.2) is 188 Å². The fourth-order valence-electron chi connectivity index (χ4n) is 4.30. The number of carboxylic acids is 2. The highest BCUT2D eigenvalue weighted by atomic mass is 79.9. The van der Waals surface area contributed by atoms with Gasteiger partial charge in [0.1, 0.15) is 37.1 Å². The topological polar surface area (TPSA) is 298 Å². The average molecular weight is 926 g/mol. The van der Waals surface area contributed by atoms with Gasteiger partial charge < -0.3 is 55.9 Å². The first-order valence-electron chi connectivity index (χ1n) is 17.6. The second-order valence-electron chi connectivity index (χ2n) is 11.5. The quantitative estimate of drug-likeness (QED) is 0.0201. The lowest BCUT2D eigenvalue weighted by Crippen LogP contribution is -2.52. The molecule has 57 heavy (non-hydrogen) atoms. The van der Waals surface area contributed by atoms with Crippen LogP contribution in [0.4, 0.5) is 0 Å². The Morgan fingerprint density at radius 1 is 0.649 bits per heavy atom. The lowest BCUT2D eigenvalue weighted by molar-refractivity contribution is -0.190. The van der Waals surface area contributed by atoms with E-state index in [1.165, 1.54) is 4.90 Å². The van der Waals surface area contributed by atoms with Crippen LogP contribution < -0.4 is 26.6 Å². The second-order valence-corrected chi connectivity index (χ2v) is 12.6. The number of alkyl halides is 3. The van der Waals surface area contributed by atoms with Gasteiger partial charge in [-0.3, -0.25) is 43.2 Å². The molecule has 0 aromatic carbocycles. The van der Waals surface area contributed by atoms with Crippen molar-refractivity contribution in [3.8, 4) is 0 Å². The Morgan fingerprint density at radius 3 is 1.77 bits per heavy atom. The van der Waals surface area contributed by atoms with E-state index in [1.54, 1.807) is 6.92 Å². The molecule has 25 heteroatoms. The number of hydrogen-bond acceptors (Lipinski definition) is 13. The molecular weight excluding hydrogens is 873 g/mol. The number of aliphatic carboxylic acids is 2. The number of carbonyl (C=O) groups excluding carboxylic acids is 7. The van der Waals surface area contributed by atoms with Crippen molar-refractivity contribution in [2.75, 3.05) is 103 Å². The highest BCUT2D eigenvalue weighted by Gasteiger charge is 2.28. The molecular formula is C32H52BrCl2N7O15. The minimum absolute atomic E-state index is 0.0110. The van der Waals surface area contributed by atoms with E-state index >= 15 is 0 Å². The standard InChI is InChI=1S/C32H52BrCl2N7O15/c1-2-42(57-16-15-56-21-29(48)41(10-7-36-25(44)18-34)11-8-37-26(45)19-35)28(47)5-3-23(32(52)53)40-31(51)22(4-6-30(49)50)39-27(46)20-55-14-13-54-12-9-38-24(43)17-33/h22-23H,2-21H2,1H3,(H,36,44)(H,37,45)(H,38,43)(H,39,46)(H,40,51)(H,49,50)(H,52,53). The van der Waals surface area contributed by atoms with Crippen LogP contribution in [0.1, 0.15) is 32.6 Å². The van der Waals surface area contributed by atoms with Gasteiger partial charge in [0.15, 0.2) is 0 Å². The minimum Gasteiger partial charge on any atom is -0.481 e. The van der Waals surface area contributed by atoms with Crippen LogP contribution in [0.5, 0.6) is 0 Å². The Labute approximate surface area is 347 Å². The monoisotopic (exact) mass is 923 g/mol. The maximum absolute atomic E-state index is 13.0. The van der Waals surface area contributed by atoms with E-state index < -0.39 is 85.5 Å². The summed E-state index contributed by atoms with van der Waals surface area (Å²) >= 11 is 13.9. The molecule has 326 valence electrons. The zero-order valence-electron chi connectivity index (χ0n) is 31.5. The molecule has 0 aromatic rings. The maximum atomic E-state index is 13.0. The predicted molar refractivity (Wildman–Crippen MR) is 204 cm³/mol. The lowest BCUT2D eigenvalue weighted by atomic mass is 10.1. The number of rotatable bonds is 34. The van der Waals surface area contributed by atoms with Crippen LogP contribution in [0, 0.1) is 0 Å². The SMILES string of the molecule is CCN(OCCOCC(=O)N(CCNC(=O)CCl)CCNC(=O)CCl)C(=O)CCC(NC(=O)C(CCC(=O)O)NC(=O)COCCOCCNC(=O)CBr)C(=O)O. The highest BCUT2D eigenvalue weighted by Crippen LogP contribution is 2.06. The molecule has 0 aliphatic heterocycles. The second kappa shape index (κ2) is 33.1. The fraction of sp³-hybridized carbons (Fsp3) is 0.719. The molecule has 0 fully saturated rings.